The standard InChI is InChI=1S/C24H22N2O5S/c1-16-14-18-15-17(23(27)25-21-11-7-6-10-20(21)24(28)31-2)12-13-22(18)26(16)32(29,30)19-8-4-3-5-9-19/h3-13,15-16H,14H2,1-2H3,(H,25,27)/t16-/m0/s1. The second kappa shape index (κ2) is 8.47. The maximum Gasteiger partial charge on any atom is 0.339 e. The zero-order chi connectivity index (χ0) is 22.9. The number of benzene rings is 3. The van der Waals surface area contributed by atoms with E-state index in [1.165, 1.54) is 11.4 Å². The summed E-state index contributed by atoms with van der Waals surface area (Å²) in [5.74, 6) is -0.952. The first kappa shape index (κ1) is 21.6. The van der Waals surface area contributed by atoms with Crippen LogP contribution in [0.15, 0.2) is 77.7 Å². The zero-order valence-corrected chi connectivity index (χ0v) is 18.4. The number of ether oxygens (including phenoxy) is 1. The highest BCUT2D eigenvalue weighted by atomic mass is 32.2. The molecule has 3 aromatic rings. The third-order valence-electron chi connectivity index (χ3n) is 5.38. The van der Waals surface area contributed by atoms with Crippen molar-refractivity contribution in [3.63, 3.8) is 0 Å². The van der Waals surface area contributed by atoms with Gasteiger partial charge >= 0.3 is 5.97 Å². The van der Waals surface area contributed by atoms with Crippen LogP contribution in [0.4, 0.5) is 11.4 Å². The highest BCUT2D eigenvalue weighted by Gasteiger charge is 2.36. The molecule has 0 spiro atoms. The number of sulfonamides is 1. The van der Waals surface area contributed by atoms with Gasteiger partial charge in [-0.15, -0.1) is 0 Å². The van der Waals surface area contributed by atoms with Crippen molar-refractivity contribution in [1.82, 2.24) is 0 Å². The molecule has 8 heteroatoms. The van der Waals surface area contributed by atoms with Crippen molar-refractivity contribution in [2.45, 2.75) is 24.3 Å². The summed E-state index contributed by atoms with van der Waals surface area (Å²) in [6.45, 7) is 1.84. The van der Waals surface area contributed by atoms with E-state index in [2.05, 4.69) is 5.32 Å². The minimum atomic E-state index is -3.72. The third kappa shape index (κ3) is 3.85. The van der Waals surface area contributed by atoms with E-state index in [0.29, 0.717) is 23.4 Å². The smallest absolute Gasteiger partial charge is 0.339 e. The van der Waals surface area contributed by atoms with E-state index in [9.17, 15) is 18.0 Å². The molecular formula is C24H22N2O5S. The fraction of sp³-hybridized carbons (Fsp3) is 0.167. The Morgan fingerprint density at radius 2 is 1.69 bits per heavy atom. The lowest BCUT2D eigenvalue weighted by molar-refractivity contribution is 0.0602. The number of esters is 1. The Morgan fingerprint density at radius 3 is 2.41 bits per heavy atom. The van der Waals surface area contributed by atoms with Gasteiger partial charge in [-0.2, -0.15) is 0 Å². The molecule has 0 bridgehead atoms. The fourth-order valence-corrected chi connectivity index (χ4v) is 5.60. The number of anilines is 2. The Kier molecular flexibility index (Phi) is 5.71. The van der Waals surface area contributed by atoms with Crippen molar-refractivity contribution >= 4 is 33.3 Å². The first-order valence-corrected chi connectivity index (χ1v) is 11.5. The highest BCUT2D eigenvalue weighted by molar-refractivity contribution is 7.92. The summed E-state index contributed by atoms with van der Waals surface area (Å²) in [4.78, 5) is 25.0. The Labute approximate surface area is 186 Å². The summed E-state index contributed by atoms with van der Waals surface area (Å²) in [7, 11) is -2.44. The maximum absolute atomic E-state index is 13.2. The first-order valence-electron chi connectivity index (χ1n) is 10.0. The van der Waals surface area contributed by atoms with Gasteiger partial charge in [-0.3, -0.25) is 9.10 Å². The van der Waals surface area contributed by atoms with Crippen molar-refractivity contribution in [3.05, 3.63) is 89.5 Å². The second-order valence-corrected chi connectivity index (χ2v) is 9.32. The molecule has 0 fully saturated rings. The molecule has 164 valence electrons. The molecule has 4 rings (SSSR count). The molecule has 7 nitrogen and oxygen atoms in total. The predicted octanol–water partition coefficient (Wildman–Crippen LogP) is 3.87. The molecule has 1 aliphatic heterocycles. The average molecular weight is 451 g/mol. The van der Waals surface area contributed by atoms with Crippen molar-refractivity contribution in [2.24, 2.45) is 0 Å². The Balaban J connectivity index is 1.63. The molecule has 0 saturated carbocycles. The van der Waals surface area contributed by atoms with Gasteiger partial charge in [-0.1, -0.05) is 30.3 Å². The van der Waals surface area contributed by atoms with E-state index in [-0.39, 0.29) is 16.5 Å². The van der Waals surface area contributed by atoms with E-state index in [1.807, 2.05) is 6.92 Å². The molecular weight excluding hydrogens is 428 g/mol. The number of amides is 1. The van der Waals surface area contributed by atoms with E-state index in [1.54, 1.807) is 72.8 Å². The minimum absolute atomic E-state index is 0.223. The lowest BCUT2D eigenvalue weighted by atomic mass is 10.1. The average Bonchev–Trinajstić information content (AvgIpc) is 3.15. The third-order valence-corrected chi connectivity index (χ3v) is 7.32. The normalized spacial score (nSPS) is 15.2. The largest absolute Gasteiger partial charge is 0.465 e. The van der Waals surface area contributed by atoms with Crippen molar-refractivity contribution in [2.75, 3.05) is 16.7 Å². The van der Waals surface area contributed by atoms with Gasteiger partial charge in [0.25, 0.3) is 15.9 Å². The van der Waals surface area contributed by atoms with Gasteiger partial charge in [0.15, 0.2) is 0 Å². The molecule has 1 aliphatic rings. The van der Waals surface area contributed by atoms with Gasteiger partial charge in [-0.25, -0.2) is 13.2 Å². The highest BCUT2D eigenvalue weighted by Crippen LogP contribution is 2.37. The number of nitrogens with one attached hydrogen (secondary N) is 1. The van der Waals surface area contributed by atoms with Gasteiger partial charge in [0.2, 0.25) is 0 Å². The summed E-state index contributed by atoms with van der Waals surface area (Å²) in [5.41, 5.74) is 2.29. The Morgan fingerprint density at radius 1 is 1.00 bits per heavy atom. The molecule has 0 radical (unpaired) electrons. The van der Waals surface area contributed by atoms with Crippen LogP contribution in [0, 0.1) is 0 Å². The molecule has 0 unspecified atom stereocenters. The molecule has 0 saturated heterocycles. The molecule has 1 N–H and O–H groups in total. The number of rotatable bonds is 5. The summed E-state index contributed by atoms with van der Waals surface area (Å²) < 4.78 is 32.6. The van der Waals surface area contributed by atoms with Gasteiger partial charge < -0.3 is 10.1 Å². The molecule has 0 aromatic heterocycles. The van der Waals surface area contributed by atoms with Crippen molar-refractivity contribution < 1.29 is 22.7 Å². The minimum Gasteiger partial charge on any atom is -0.465 e. The van der Waals surface area contributed by atoms with Crippen molar-refractivity contribution in [3.8, 4) is 0 Å². The van der Waals surface area contributed by atoms with Crippen LogP contribution in [0.5, 0.6) is 0 Å². The van der Waals surface area contributed by atoms with E-state index < -0.39 is 21.9 Å². The van der Waals surface area contributed by atoms with Crippen LogP contribution < -0.4 is 9.62 Å². The SMILES string of the molecule is COC(=O)c1ccccc1NC(=O)c1ccc2c(c1)C[C@H](C)N2S(=O)(=O)c1ccccc1. The van der Waals surface area contributed by atoms with Crippen LogP contribution in [-0.2, 0) is 21.2 Å². The number of carbonyl (C=O) groups is 2. The van der Waals surface area contributed by atoms with E-state index >= 15 is 0 Å². The van der Waals surface area contributed by atoms with E-state index in [0.717, 1.165) is 5.56 Å². The van der Waals surface area contributed by atoms with Crippen LogP contribution in [0.3, 0.4) is 0 Å². The lowest BCUT2D eigenvalue weighted by Gasteiger charge is -2.24. The second-order valence-electron chi connectivity index (χ2n) is 7.50. The monoisotopic (exact) mass is 450 g/mol. The van der Waals surface area contributed by atoms with Gasteiger partial charge in [0.1, 0.15) is 0 Å². The predicted molar refractivity (Wildman–Crippen MR) is 121 cm³/mol. The Bertz CT molecular complexity index is 1290. The number of hydrogen-bond donors (Lipinski definition) is 1. The number of hydrogen-bond acceptors (Lipinski definition) is 5. The maximum atomic E-state index is 13.2. The summed E-state index contributed by atoms with van der Waals surface area (Å²) >= 11 is 0. The number of fused-ring (bicyclic) bond motifs is 1. The van der Waals surface area contributed by atoms with Crippen LogP contribution >= 0.6 is 0 Å². The summed E-state index contributed by atoms with van der Waals surface area (Å²) in [6, 6.07) is 19.5. The van der Waals surface area contributed by atoms with Crippen molar-refractivity contribution in [1.29, 1.82) is 0 Å². The van der Waals surface area contributed by atoms with E-state index in [4.69, 9.17) is 4.74 Å². The zero-order valence-electron chi connectivity index (χ0n) is 17.6. The van der Waals surface area contributed by atoms with Gasteiger partial charge in [0.05, 0.1) is 28.9 Å². The topological polar surface area (TPSA) is 92.8 Å². The van der Waals surface area contributed by atoms with Gasteiger partial charge in [-0.05, 0) is 61.4 Å². The van der Waals surface area contributed by atoms with Crippen LogP contribution in [0.2, 0.25) is 0 Å². The molecule has 1 atom stereocenters. The van der Waals surface area contributed by atoms with Gasteiger partial charge in [0, 0.05) is 11.6 Å². The molecule has 3 aromatic carbocycles. The number of para-hydroxylation sites is 1. The number of carbonyl (C=O) groups excluding carboxylic acids is 2. The van der Waals surface area contributed by atoms with Crippen LogP contribution in [-0.4, -0.2) is 33.4 Å². The number of nitrogens with zero attached hydrogens (tertiary/aromatic N) is 1. The summed E-state index contributed by atoms with van der Waals surface area (Å²) in [5, 5.41) is 2.74. The molecule has 1 amide bonds. The Hall–Kier alpha value is -3.65. The summed E-state index contributed by atoms with van der Waals surface area (Å²) in [6.07, 6.45) is 0.487. The van der Waals surface area contributed by atoms with Crippen LogP contribution in [0.25, 0.3) is 0 Å². The fourth-order valence-electron chi connectivity index (χ4n) is 3.89. The number of methoxy groups -OCH3 is 1. The first-order chi connectivity index (χ1) is 15.3. The van der Waals surface area contributed by atoms with Crippen LogP contribution in [0.1, 0.15) is 33.2 Å². The quantitative estimate of drug-likeness (QED) is 0.596. The molecule has 0 aliphatic carbocycles. The lowest BCUT2D eigenvalue weighted by Crippen LogP contribution is -2.35. The molecule has 32 heavy (non-hydrogen) atoms. The molecule has 1 heterocycles.